The van der Waals surface area contributed by atoms with Crippen LogP contribution in [0.1, 0.15) is 6.42 Å². The van der Waals surface area contributed by atoms with Crippen molar-refractivity contribution < 1.29 is 4.79 Å². The Morgan fingerprint density at radius 1 is 1.75 bits per heavy atom. The molecule has 0 aromatic carbocycles. The van der Waals surface area contributed by atoms with Crippen LogP contribution in [0.4, 0.5) is 0 Å². The summed E-state index contributed by atoms with van der Waals surface area (Å²) < 4.78 is 1.58. The van der Waals surface area contributed by atoms with Crippen LogP contribution in [-0.2, 0) is 4.79 Å². The van der Waals surface area contributed by atoms with Crippen molar-refractivity contribution >= 4 is 17.7 Å². The summed E-state index contributed by atoms with van der Waals surface area (Å²) in [6, 6.07) is 0. The van der Waals surface area contributed by atoms with E-state index in [-0.39, 0.29) is 0 Å². The third kappa shape index (κ3) is 1.10. The maximum absolute atomic E-state index is 9.91. The third-order valence-corrected chi connectivity index (χ3v) is 1.45. The summed E-state index contributed by atoms with van der Waals surface area (Å²) in [5.74, 6) is 1.83. The lowest BCUT2D eigenvalue weighted by Gasteiger charge is -1.96. The predicted molar refractivity (Wildman–Crippen MR) is 31.2 cm³/mol. The molecule has 0 bridgehead atoms. The van der Waals surface area contributed by atoms with Crippen LogP contribution in [0.15, 0.2) is 5.57 Å². The smallest absolute Gasteiger partial charge is 0.124 e. The summed E-state index contributed by atoms with van der Waals surface area (Å²) in [5.41, 5.74) is 0.778. The second kappa shape index (κ2) is 2.31. The summed E-state index contributed by atoms with van der Waals surface area (Å²) in [4.78, 5) is 9.91. The van der Waals surface area contributed by atoms with Crippen LogP contribution >= 0.6 is 11.8 Å². The summed E-state index contributed by atoms with van der Waals surface area (Å²) in [7, 11) is 0. The van der Waals surface area contributed by atoms with Crippen molar-refractivity contribution in [3.63, 3.8) is 0 Å². The van der Waals surface area contributed by atoms with Crippen molar-refractivity contribution in [2.45, 2.75) is 6.42 Å². The molecule has 0 aromatic heterocycles. The van der Waals surface area contributed by atoms with Gasteiger partial charge in [-0.25, -0.2) is 9.21 Å². The van der Waals surface area contributed by atoms with E-state index in [9.17, 15) is 4.79 Å². The molecule has 0 N–H and O–H groups in total. The number of hydrogen-bond acceptors (Lipinski definition) is 2. The normalized spacial score (nSPS) is 21.4. The van der Waals surface area contributed by atoms with Crippen molar-refractivity contribution in [3.8, 4) is 0 Å². The fraction of sp³-hybridized carbons (Fsp3) is 0.600. The van der Waals surface area contributed by atoms with Crippen LogP contribution < -0.4 is 0 Å². The van der Waals surface area contributed by atoms with Crippen molar-refractivity contribution in [2.24, 2.45) is 0 Å². The van der Waals surface area contributed by atoms with Crippen LogP contribution in [0.5, 0.6) is 0 Å². The van der Waals surface area contributed by atoms with Gasteiger partial charge in [-0.2, -0.15) is 0 Å². The van der Waals surface area contributed by atoms with Gasteiger partial charge in [0, 0.05) is 18.7 Å². The van der Waals surface area contributed by atoms with Crippen LogP contribution in [-0.4, -0.2) is 23.4 Å². The third-order valence-electron chi connectivity index (χ3n) is 1.16. The van der Waals surface area contributed by atoms with Crippen LogP contribution in [0, 0.1) is 0 Å². The molecule has 1 saturated heterocycles. The van der Waals surface area contributed by atoms with E-state index in [1.165, 1.54) is 0 Å². The molecule has 1 aliphatic rings. The molecule has 0 amide bonds. The Morgan fingerprint density at radius 2 is 2.50 bits per heavy atom. The summed E-state index contributed by atoms with van der Waals surface area (Å²) in [5, 5.41) is 0. The maximum Gasteiger partial charge on any atom is 0.124 e. The molecule has 1 fully saturated rings. The van der Waals surface area contributed by atoms with E-state index < -0.39 is 0 Å². The SMILES string of the molecule is O=C=C1CCN(Cl)C1. The van der Waals surface area contributed by atoms with E-state index in [2.05, 4.69) is 0 Å². The summed E-state index contributed by atoms with van der Waals surface area (Å²) in [6.45, 7) is 1.37. The number of hydrogen-bond donors (Lipinski definition) is 0. The first-order valence-electron chi connectivity index (χ1n) is 2.46. The minimum Gasteiger partial charge on any atom is -0.234 e. The Balaban J connectivity index is 2.56. The topological polar surface area (TPSA) is 20.3 Å². The highest BCUT2D eigenvalue weighted by atomic mass is 35.5. The molecule has 0 aliphatic carbocycles. The monoisotopic (exact) mass is 131 g/mol. The van der Waals surface area contributed by atoms with Crippen molar-refractivity contribution in [3.05, 3.63) is 5.57 Å². The molecule has 44 valence electrons. The first-order valence-corrected chi connectivity index (χ1v) is 2.80. The maximum atomic E-state index is 9.91. The van der Waals surface area contributed by atoms with E-state index in [1.54, 1.807) is 4.42 Å². The van der Waals surface area contributed by atoms with E-state index >= 15 is 0 Å². The van der Waals surface area contributed by atoms with Gasteiger partial charge in [-0.1, -0.05) is 0 Å². The fourth-order valence-corrected chi connectivity index (χ4v) is 0.934. The molecule has 1 rings (SSSR count). The fourth-order valence-electron chi connectivity index (χ4n) is 0.705. The van der Waals surface area contributed by atoms with Gasteiger partial charge in [-0.15, -0.1) is 0 Å². The molecule has 0 atom stereocenters. The zero-order valence-corrected chi connectivity index (χ0v) is 5.11. The molecule has 1 aliphatic heterocycles. The van der Waals surface area contributed by atoms with Gasteiger partial charge in [0.15, 0.2) is 0 Å². The van der Waals surface area contributed by atoms with E-state index in [1.807, 2.05) is 5.94 Å². The van der Waals surface area contributed by atoms with Gasteiger partial charge in [0.1, 0.15) is 5.94 Å². The summed E-state index contributed by atoms with van der Waals surface area (Å²) in [6.07, 6.45) is 0.785. The highest BCUT2D eigenvalue weighted by Gasteiger charge is 2.13. The number of carbonyl (C=O) groups excluding carboxylic acids is 1. The lowest BCUT2D eigenvalue weighted by molar-refractivity contribution is 0.562. The van der Waals surface area contributed by atoms with Crippen LogP contribution in [0.2, 0.25) is 0 Å². The molecule has 2 nitrogen and oxygen atoms in total. The second-order valence-corrected chi connectivity index (χ2v) is 2.28. The lowest BCUT2D eigenvalue weighted by atomic mass is 10.3. The van der Waals surface area contributed by atoms with E-state index in [4.69, 9.17) is 11.8 Å². The van der Waals surface area contributed by atoms with Gasteiger partial charge in [0.2, 0.25) is 0 Å². The zero-order chi connectivity index (χ0) is 5.98. The molecule has 0 saturated carbocycles. The molecule has 0 radical (unpaired) electrons. The van der Waals surface area contributed by atoms with Gasteiger partial charge in [0.25, 0.3) is 0 Å². The second-order valence-electron chi connectivity index (χ2n) is 1.80. The van der Waals surface area contributed by atoms with E-state index in [0.717, 1.165) is 18.5 Å². The average Bonchev–Trinajstić information content (AvgIpc) is 2.14. The number of nitrogens with zero attached hydrogens (tertiary/aromatic N) is 1. The molecular formula is C5H6ClNO. The minimum atomic E-state index is 0.588. The largest absolute Gasteiger partial charge is 0.234 e. The average molecular weight is 132 g/mol. The molecule has 1 heterocycles. The molecule has 0 aromatic rings. The molecule has 0 spiro atoms. The van der Waals surface area contributed by atoms with Gasteiger partial charge >= 0.3 is 0 Å². The van der Waals surface area contributed by atoms with Crippen molar-refractivity contribution in [1.82, 2.24) is 4.42 Å². The van der Waals surface area contributed by atoms with Crippen LogP contribution in [0.25, 0.3) is 0 Å². The Bertz CT molecular complexity index is 139. The first-order chi connectivity index (χ1) is 3.83. The Hall–Kier alpha value is -0.300. The predicted octanol–water partition coefficient (Wildman–Crippen LogP) is 0.604. The van der Waals surface area contributed by atoms with Gasteiger partial charge < -0.3 is 0 Å². The molecular weight excluding hydrogens is 126 g/mol. The number of rotatable bonds is 0. The van der Waals surface area contributed by atoms with Gasteiger partial charge in [0.05, 0.1) is 0 Å². The van der Waals surface area contributed by atoms with Crippen LogP contribution in [0.3, 0.4) is 0 Å². The Kier molecular flexibility index (Phi) is 1.69. The van der Waals surface area contributed by atoms with Gasteiger partial charge in [-0.05, 0) is 18.2 Å². The minimum absolute atomic E-state index is 0.588. The zero-order valence-electron chi connectivity index (χ0n) is 4.35. The van der Waals surface area contributed by atoms with Crippen molar-refractivity contribution in [1.29, 1.82) is 0 Å². The Morgan fingerprint density at radius 3 is 2.75 bits per heavy atom. The quantitative estimate of drug-likeness (QED) is 0.355. The molecule has 8 heavy (non-hydrogen) atoms. The number of halogens is 1. The molecule has 3 heteroatoms. The highest BCUT2D eigenvalue weighted by Crippen LogP contribution is 2.12. The standard InChI is InChI=1S/C5H6ClNO/c6-7-2-1-5(3-7)4-8/h1-3H2. The summed E-state index contributed by atoms with van der Waals surface area (Å²) >= 11 is 5.52. The Labute approximate surface area is 52.8 Å². The highest BCUT2D eigenvalue weighted by molar-refractivity contribution is 6.13. The lowest BCUT2D eigenvalue weighted by Crippen LogP contribution is -2.03. The van der Waals surface area contributed by atoms with Gasteiger partial charge in [-0.3, -0.25) is 0 Å². The first kappa shape index (κ1) is 5.83. The van der Waals surface area contributed by atoms with Crippen molar-refractivity contribution in [2.75, 3.05) is 13.1 Å². The molecule has 0 unspecified atom stereocenters. The van der Waals surface area contributed by atoms with E-state index in [0.29, 0.717) is 6.54 Å².